The summed E-state index contributed by atoms with van der Waals surface area (Å²) < 4.78 is 20.2. The summed E-state index contributed by atoms with van der Waals surface area (Å²) >= 11 is 0. The third kappa shape index (κ3) is 4.70. The summed E-state index contributed by atoms with van der Waals surface area (Å²) in [4.78, 5) is 8.73. The van der Waals surface area contributed by atoms with Crippen LogP contribution in [0, 0.1) is 12.7 Å². The Morgan fingerprint density at radius 3 is 2.45 bits per heavy atom. The standard InChI is InChI=1S/C25H28FN3O2/c1-18-5-4-12-27-23(18)25(30)21-6-3-7-22(26)24(21)29-15-13-28(14-16-29)17-19-8-10-20(31-2)11-9-19/h3-12,25,30H,13-17H2,1-2H3/t25-/m1/s1. The first-order chi connectivity index (χ1) is 15.1. The van der Waals surface area contributed by atoms with Crippen LogP contribution >= 0.6 is 0 Å². The maximum atomic E-state index is 14.9. The van der Waals surface area contributed by atoms with E-state index in [0.29, 0.717) is 30.0 Å². The smallest absolute Gasteiger partial charge is 0.146 e. The quantitative estimate of drug-likeness (QED) is 0.653. The first-order valence-electron chi connectivity index (χ1n) is 10.5. The van der Waals surface area contributed by atoms with Gasteiger partial charge in [0.25, 0.3) is 0 Å². The van der Waals surface area contributed by atoms with E-state index >= 15 is 0 Å². The lowest BCUT2D eigenvalue weighted by Gasteiger charge is -2.37. The predicted molar refractivity (Wildman–Crippen MR) is 120 cm³/mol. The molecule has 5 nitrogen and oxygen atoms in total. The molecule has 0 bridgehead atoms. The fraction of sp³-hybridized carbons (Fsp3) is 0.320. The molecular weight excluding hydrogens is 393 g/mol. The van der Waals surface area contributed by atoms with Crippen LogP contribution in [0.5, 0.6) is 5.75 Å². The number of aliphatic hydroxyl groups is 1. The van der Waals surface area contributed by atoms with Gasteiger partial charge in [-0.05, 0) is 42.3 Å². The molecule has 1 fully saturated rings. The topological polar surface area (TPSA) is 48.8 Å². The molecule has 1 aliphatic heterocycles. The Hall–Kier alpha value is -2.96. The van der Waals surface area contributed by atoms with E-state index in [9.17, 15) is 9.50 Å². The number of para-hydroxylation sites is 1. The minimum Gasteiger partial charge on any atom is -0.497 e. The van der Waals surface area contributed by atoms with Gasteiger partial charge in [-0.25, -0.2) is 4.39 Å². The number of aliphatic hydroxyl groups excluding tert-OH is 1. The van der Waals surface area contributed by atoms with Gasteiger partial charge in [-0.3, -0.25) is 9.88 Å². The Bertz CT molecular complexity index is 1020. The van der Waals surface area contributed by atoms with Crippen molar-refractivity contribution in [3.8, 4) is 5.75 Å². The summed E-state index contributed by atoms with van der Waals surface area (Å²) in [5.74, 6) is 0.538. The molecule has 0 amide bonds. The van der Waals surface area contributed by atoms with Crippen LogP contribution in [0.4, 0.5) is 10.1 Å². The molecule has 1 saturated heterocycles. The van der Waals surface area contributed by atoms with Crippen molar-refractivity contribution < 1.29 is 14.2 Å². The average molecular weight is 422 g/mol. The monoisotopic (exact) mass is 421 g/mol. The molecule has 0 aliphatic carbocycles. The Morgan fingerprint density at radius 2 is 1.77 bits per heavy atom. The van der Waals surface area contributed by atoms with Crippen molar-refractivity contribution in [1.29, 1.82) is 0 Å². The zero-order chi connectivity index (χ0) is 21.8. The van der Waals surface area contributed by atoms with Crippen LogP contribution in [0.3, 0.4) is 0 Å². The molecule has 162 valence electrons. The number of rotatable bonds is 6. The van der Waals surface area contributed by atoms with Gasteiger partial charge in [0.15, 0.2) is 0 Å². The summed E-state index contributed by atoms with van der Waals surface area (Å²) in [6.45, 7) is 5.77. The van der Waals surface area contributed by atoms with E-state index in [1.807, 2.05) is 36.1 Å². The minimum absolute atomic E-state index is 0.311. The van der Waals surface area contributed by atoms with Gasteiger partial charge < -0.3 is 14.7 Å². The van der Waals surface area contributed by atoms with Crippen LogP contribution in [0.1, 0.15) is 28.5 Å². The highest BCUT2D eigenvalue weighted by Crippen LogP contribution is 2.34. The van der Waals surface area contributed by atoms with Crippen molar-refractivity contribution >= 4 is 5.69 Å². The predicted octanol–water partition coefficient (Wildman–Crippen LogP) is 3.94. The van der Waals surface area contributed by atoms with E-state index in [1.54, 1.807) is 25.4 Å². The van der Waals surface area contributed by atoms with Gasteiger partial charge in [-0.2, -0.15) is 0 Å². The van der Waals surface area contributed by atoms with E-state index in [0.717, 1.165) is 30.9 Å². The number of piperazine rings is 1. The molecule has 0 unspecified atom stereocenters. The van der Waals surface area contributed by atoms with Crippen molar-refractivity contribution in [1.82, 2.24) is 9.88 Å². The number of benzene rings is 2. The van der Waals surface area contributed by atoms with Gasteiger partial charge in [-0.15, -0.1) is 0 Å². The second-order valence-corrected chi connectivity index (χ2v) is 7.90. The van der Waals surface area contributed by atoms with Gasteiger partial charge in [0.05, 0.1) is 18.5 Å². The third-order valence-corrected chi connectivity index (χ3v) is 5.88. The molecule has 0 saturated carbocycles. The number of halogens is 1. The summed E-state index contributed by atoms with van der Waals surface area (Å²) in [7, 11) is 1.66. The highest BCUT2D eigenvalue weighted by molar-refractivity contribution is 5.58. The van der Waals surface area contributed by atoms with Crippen LogP contribution < -0.4 is 9.64 Å². The Balaban J connectivity index is 1.49. The summed E-state index contributed by atoms with van der Waals surface area (Å²) in [6.07, 6.45) is 0.687. The number of aryl methyl sites for hydroxylation is 1. The summed E-state index contributed by atoms with van der Waals surface area (Å²) in [6, 6.07) is 16.7. The Morgan fingerprint density at radius 1 is 1.03 bits per heavy atom. The van der Waals surface area contributed by atoms with Crippen LogP contribution in [-0.4, -0.2) is 48.3 Å². The highest BCUT2D eigenvalue weighted by Gasteiger charge is 2.26. The first-order valence-corrected chi connectivity index (χ1v) is 10.5. The SMILES string of the molecule is COc1ccc(CN2CCN(c3c(F)cccc3[C@@H](O)c3ncccc3C)CC2)cc1. The molecule has 4 rings (SSSR count). The molecule has 6 heteroatoms. The first kappa shape index (κ1) is 21.3. The lowest BCUT2D eigenvalue weighted by Crippen LogP contribution is -2.46. The molecule has 1 N–H and O–H groups in total. The highest BCUT2D eigenvalue weighted by atomic mass is 19.1. The van der Waals surface area contributed by atoms with Gasteiger partial charge >= 0.3 is 0 Å². The van der Waals surface area contributed by atoms with Crippen molar-refractivity contribution in [3.05, 3.63) is 89.0 Å². The third-order valence-electron chi connectivity index (χ3n) is 5.88. The van der Waals surface area contributed by atoms with E-state index in [-0.39, 0.29) is 5.82 Å². The van der Waals surface area contributed by atoms with Crippen LogP contribution in [-0.2, 0) is 6.54 Å². The molecular formula is C25H28FN3O2. The molecule has 3 aromatic rings. The number of pyridine rings is 1. The maximum absolute atomic E-state index is 14.9. The summed E-state index contributed by atoms with van der Waals surface area (Å²) in [5.41, 5.74) is 3.71. The number of nitrogens with zero attached hydrogens (tertiary/aromatic N) is 3. The van der Waals surface area contributed by atoms with Gasteiger partial charge in [0, 0.05) is 44.5 Å². The van der Waals surface area contributed by atoms with Crippen molar-refractivity contribution in [2.75, 3.05) is 38.2 Å². The van der Waals surface area contributed by atoms with E-state index < -0.39 is 6.10 Å². The summed E-state index contributed by atoms with van der Waals surface area (Å²) in [5, 5.41) is 11.0. The normalized spacial score (nSPS) is 15.7. The number of hydrogen-bond acceptors (Lipinski definition) is 5. The number of ether oxygens (including phenoxy) is 1. The largest absolute Gasteiger partial charge is 0.497 e. The van der Waals surface area contributed by atoms with Gasteiger partial charge in [-0.1, -0.05) is 30.3 Å². The van der Waals surface area contributed by atoms with Gasteiger partial charge in [0.1, 0.15) is 17.7 Å². The van der Waals surface area contributed by atoms with Crippen molar-refractivity contribution in [2.45, 2.75) is 19.6 Å². The van der Waals surface area contributed by atoms with E-state index in [2.05, 4.69) is 22.0 Å². The fourth-order valence-corrected chi connectivity index (χ4v) is 4.14. The molecule has 0 spiro atoms. The molecule has 31 heavy (non-hydrogen) atoms. The number of hydrogen-bond donors (Lipinski definition) is 1. The van der Waals surface area contributed by atoms with Crippen molar-refractivity contribution in [3.63, 3.8) is 0 Å². The number of anilines is 1. The number of aromatic nitrogens is 1. The van der Waals surface area contributed by atoms with Gasteiger partial charge in [0.2, 0.25) is 0 Å². The lowest BCUT2D eigenvalue weighted by atomic mass is 9.99. The molecule has 0 radical (unpaired) electrons. The van der Waals surface area contributed by atoms with Crippen LogP contribution in [0.25, 0.3) is 0 Å². The Kier molecular flexibility index (Phi) is 6.49. The maximum Gasteiger partial charge on any atom is 0.146 e. The number of methoxy groups -OCH3 is 1. The minimum atomic E-state index is -0.968. The molecule has 2 heterocycles. The fourth-order valence-electron chi connectivity index (χ4n) is 4.14. The van der Waals surface area contributed by atoms with E-state index in [1.165, 1.54) is 11.6 Å². The van der Waals surface area contributed by atoms with Crippen LogP contribution in [0.15, 0.2) is 60.8 Å². The average Bonchev–Trinajstić information content (AvgIpc) is 2.80. The second-order valence-electron chi connectivity index (χ2n) is 7.90. The molecule has 1 aliphatic rings. The molecule has 1 aromatic heterocycles. The van der Waals surface area contributed by atoms with E-state index in [4.69, 9.17) is 4.74 Å². The Labute approximate surface area is 182 Å². The lowest BCUT2D eigenvalue weighted by molar-refractivity contribution is 0.213. The zero-order valence-corrected chi connectivity index (χ0v) is 18.0. The zero-order valence-electron chi connectivity index (χ0n) is 18.0. The van der Waals surface area contributed by atoms with Crippen LogP contribution in [0.2, 0.25) is 0 Å². The second kappa shape index (κ2) is 9.45. The van der Waals surface area contributed by atoms with Crippen molar-refractivity contribution in [2.24, 2.45) is 0 Å². The molecule has 1 atom stereocenters. The molecule has 2 aromatic carbocycles.